The third-order valence-corrected chi connectivity index (χ3v) is 9.52. The Labute approximate surface area is 208 Å². The second-order valence-electron chi connectivity index (χ2n) is 11.3. The van der Waals surface area contributed by atoms with E-state index in [4.69, 9.17) is 0 Å². The van der Waals surface area contributed by atoms with E-state index < -0.39 is 11.9 Å². The summed E-state index contributed by atoms with van der Waals surface area (Å²) in [5.41, 5.74) is -0.135. The largest absolute Gasteiger partial charge is 0.507 e. The molecule has 0 radical (unpaired) electrons. The molecule has 5 rings (SSSR count). The van der Waals surface area contributed by atoms with Crippen LogP contribution in [0.5, 0.6) is 0 Å². The number of aliphatic hydroxyl groups excluding tert-OH is 1. The number of nitrogens with one attached hydrogen (secondary N) is 2. The molecule has 0 aromatic carbocycles. The molecule has 2 aliphatic heterocycles. The van der Waals surface area contributed by atoms with Crippen molar-refractivity contribution in [2.24, 2.45) is 47.3 Å². The number of aliphatic hydroxyl groups is 1. The quantitative estimate of drug-likeness (QED) is 0.392. The topological polar surface area (TPSA) is 95.5 Å². The lowest BCUT2D eigenvalue weighted by molar-refractivity contribution is -0.118. The highest BCUT2D eigenvalue weighted by molar-refractivity contribution is 6.27. The number of allylic oxidation sites excluding steroid dienone is 5. The molecule has 9 unspecified atom stereocenters. The van der Waals surface area contributed by atoms with Crippen molar-refractivity contribution in [1.82, 2.24) is 10.6 Å². The highest BCUT2D eigenvalue weighted by atomic mass is 16.3. The highest BCUT2D eigenvalue weighted by Gasteiger charge is 2.52. The molecule has 2 amide bonds. The van der Waals surface area contributed by atoms with Crippen LogP contribution < -0.4 is 10.6 Å². The molecular formula is C29H38N2O4. The molecule has 6 nitrogen and oxygen atoms in total. The monoisotopic (exact) mass is 478 g/mol. The standard InChI is InChI=1S/C29H38N2O4/c1-3-18-16(2)14-22-20(18)10-11-21-19-6-4-8-26(33)30-13-5-7-24-28(34)27(29(35)31-24)25(32)12-9-17(19)15-23(21)22/h4,8-12,16-24,32H,3,5-7,13-15H2,1-2H3,(H,30,33)(H,31,35)/b8-4+,12-9+,27-25-. The number of hydrogen-bond acceptors (Lipinski definition) is 4. The normalized spacial score (nSPS) is 45.3. The van der Waals surface area contributed by atoms with Gasteiger partial charge in [0.05, 0.1) is 6.04 Å². The smallest absolute Gasteiger partial charge is 0.259 e. The summed E-state index contributed by atoms with van der Waals surface area (Å²) in [7, 11) is 0. The van der Waals surface area contributed by atoms with E-state index >= 15 is 0 Å². The van der Waals surface area contributed by atoms with Crippen LogP contribution in [0.2, 0.25) is 0 Å². The summed E-state index contributed by atoms with van der Waals surface area (Å²) >= 11 is 0. The van der Waals surface area contributed by atoms with Gasteiger partial charge in [-0.2, -0.15) is 0 Å². The predicted molar refractivity (Wildman–Crippen MR) is 134 cm³/mol. The number of Topliss-reactive ketones (excluding diaryl/α,β-unsaturated/α-hetero) is 1. The molecule has 2 saturated carbocycles. The van der Waals surface area contributed by atoms with Gasteiger partial charge in [0.25, 0.3) is 5.91 Å². The first-order chi connectivity index (χ1) is 16.9. The van der Waals surface area contributed by atoms with Crippen molar-refractivity contribution in [3.05, 3.63) is 47.8 Å². The minimum absolute atomic E-state index is 0.117. The lowest BCUT2D eigenvalue weighted by atomic mass is 9.69. The van der Waals surface area contributed by atoms with E-state index in [9.17, 15) is 19.5 Å². The summed E-state index contributed by atoms with van der Waals surface area (Å²) in [5, 5.41) is 16.3. The molecule has 3 N–H and O–H groups in total. The summed E-state index contributed by atoms with van der Waals surface area (Å²) in [4.78, 5) is 37.6. The van der Waals surface area contributed by atoms with Crippen molar-refractivity contribution >= 4 is 17.6 Å². The van der Waals surface area contributed by atoms with E-state index in [2.05, 4.69) is 36.6 Å². The molecule has 6 heteroatoms. The maximum absolute atomic E-state index is 12.8. The maximum Gasteiger partial charge on any atom is 0.259 e. The van der Waals surface area contributed by atoms with Crippen molar-refractivity contribution in [3.63, 3.8) is 0 Å². The van der Waals surface area contributed by atoms with Gasteiger partial charge in [-0.3, -0.25) is 14.4 Å². The first-order valence-electron chi connectivity index (χ1n) is 13.5. The molecule has 9 atom stereocenters. The minimum Gasteiger partial charge on any atom is -0.507 e. The third kappa shape index (κ3) is 4.41. The van der Waals surface area contributed by atoms with E-state index in [0.717, 1.165) is 24.7 Å². The average molecular weight is 479 g/mol. The Kier molecular flexibility index (Phi) is 6.73. The SMILES string of the molecule is CCC1C(C)CC2C1C=CC1C3C/C=C/C(=O)NCCCC4NC(=O)/C(=C(O)/C=C/C3CC12)C4=O. The average Bonchev–Trinajstić information content (AvgIpc) is 3.44. The van der Waals surface area contributed by atoms with Crippen molar-refractivity contribution in [1.29, 1.82) is 0 Å². The molecule has 3 fully saturated rings. The Bertz CT molecular complexity index is 1010. The molecule has 0 aromatic rings. The Morgan fingerprint density at radius 1 is 1.00 bits per heavy atom. The van der Waals surface area contributed by atoms with Crippen LogP contribution in [0.1, 0.15) is 52.4 Å². The predicted octanol–water partition coefficient (Wildman–Crippen LogP) is 4.02. The number of carbonyl (C=O) groups is 3. The van der Waals surface area contributed by atoms with Crippen LogP contribution in [-0.4, -0.2) is 35.3 Å². The van der Waals surface area contributed by atoms with E-state index in [1.807, 2.05) is 12.2 Å². The Balaban J connectivity index is 1.46. The molecular weight excluding hydrogens is 440 g/mol. The molecule has 2 bridgehead atoms. The number of fused-ring (bicyclic) bond motifs is 7. The van der Waals surface area contributed by atoms with Gasteiger partial charge in [-0.1, -0.05) is 44.6 Å². The van der Waals surface area contributed by atoms with Crippen LogP contribution in [0.15, 0.2) is 47.8 Å². The lowest BCUT2D eigenvalue weighted by Crippen LogP contribution is -2.31. The summed E-state index contributed by atoms with van der Waals surface area (Å²) < 4.78 is 0. The fraction of sp³-hybridized carbons (Fsp3) is 0.621. The molecule has 5 aliphatic rings. The van der Waals surface area contributed by atoms with Gasteiger partial charge in [0, 0.05) is 6.54 Å². The van der Waals surface area contributed by atoms with Crippen molar-refractivity contribution in [2.45, 2.75) is 58.4 Å². The van der Waals surface area contributed by atoms with Crippen LogP contribution in [-0.2, 0) is 14.4 Å². The van der Waals surface area contributed by atoms with Gasteiger partial charge in [0.2, 0.25) is 5.91 Å². The van der Waals surface area contributed by atoms with E-state index in [1.54, 1.807) is 12.2 Å². The van der Waals surface area contributed by atoms with Crippen LogP contribution in [0.4, 0.5) is 0 Å². The zero-order chi connectivity index (χ0) is 24.7. The summed E-state index contributed by atoms with van der Waals surface area (Å²) in [6.07, 6.45) is 17.4. The van der Waals surface area contributed by atoms with Crippen LogP contribution in [0.25, 0.3) is 0 Å². The Morgan fingerprint density at radius 2 is 1.77 bits per heavy atom. The van der Waals surface area contributed by atoms with Gasteiger partial charge in [-0.25, -0.2) is 0 Å². The second-order valence-corrected chi connectivity index (χ2v) is 11.3. The fourth-order valence-corrected chi connectivity index (χ4v) is 7.92. The van der Waals surface area contributed by atoms with Crippen molar-refractivity contribution < 1.29 is 19.5 Å². The number of carbonyl (C=O) groups excluding carboxylic acids is 3. The molecule has 3 aliphatic carbocycles. The number of hydrogen-bond donors (Lipinski definition) is 3. The fourth-order valence-electron chi connectivity index (χ4n) is 7.92. The zero-order valence-electron chi connectivity index (χ0n) is 20.8. The molecule has 2 heterocycles. The van der Waals surface area contributed by atoms with Crippen LogP contribution in [0, 0.1) is 47.3 Å². The van der Waals surface area contributed by atoms with E-state index in [0.29, 0.717) is 49.0 Å². The lowest BCUT2D eigenvalue weighted by Gasteiger charge is -2.35. The summed E-state index contributed by atoms with van der Waals surface area (Å²) in [6.45, 7) is 5.14. The number of ketones is 1. The summed E-state index contributed by atoms with van der Waals surface area (Å²) in [6, 6.07) is -0.645. The number of rotatable bonds is 1. The number of amides is 2. The van der Waals surface area contributed by atoms with Gasteiger partial charge in [-0.05, 0) is 91.6 Å². The van der Waals surface area contributed by atoms with Crippen molar-refractivity contribution in [3.8, 4) is 0 Å². The van der Waals surface area contributed by atoms with E-state index in [1.165, 1.54) is 12.8 Å². The molecule has 188 valence electrons. The van der Waals surface area contributed by atoms with Gasteiger partial charge in [-0.15, -0.1) is 0 Å². The molecule has 35 heavy (non-hydrogen) atoms. The second kappa shape index (κ2) is 9.79. The first-order valence-corrected chi connectivity index (χ1v) is 13.5. The third-order valence-electron chi connectivity index (χ3n) is 9.52. The van der Waals surface area contributed by atoms with Gasteiger partial charge >= 0.3 is 0 Å². The van der Waals surface area contributed by atoms with Gasteiger partial charge in [0.1, 0.15) is 11.3 Å². The maximum atomic E-state index is 12.8. The van der Waals surface area contributed by atoms with Gasteiger partial charge < -0.3 is 15.7 Å². The van der Waals surface area contributed by atoms with Crippen molar-refractivity contribution in [2.75, 3.05) is 6.54 Å². The Hall–Kier alpha value is -2.63. The molecule has 0 spiro atoms. The van der Waals surface area contributed by atoms with Crippen LogP contribution in [0.3, 0.4) is 0 Å². The zero-order valence-corrected chi connectivity index (χ0v) is 20.8. The molecule has 0 aromatic heterocycles. The molecule has 1 saturated heterocycles. The highest BCUT2D eigenvalue weighted by Crippen LogP contribution is 2.59. The van der Waals surface area contributed by atoms with E-state index in [-0.39, 0.29) is 28.9 Å². The van der Waals surface area contributed by atoms with Crippen LogP contribution >= 0.6 is 0 Å². The first kappa shape index (κ1) is 24.1. The minimum atomic E-state index is -0.645. The van der Waals surface area contributed by atoms with Gasteiger partial charge in [0.15, 0.2) is 5.78 Å². The summed E-state index contributed by atoms with van der Waals surface area (Å²) in [5.74, 6) is 3.16. The Morgan fingerprint density at radius 3 is 2.57 bits per heavy atom.